The van der Waals surface area contributed by atoms with Gasteiger partial charge in [-0.05, 0) is 6.92 Å². The molecule has 0 bridgehead atoms. The van der Waals surface area contributed by atoms with Gasteiger partial charge in [-0.1, -0.05) is 0 Å². The van der Waals surface area contributed by atoms with Crippen molar-refractivity contribution in [2.45, 2.75) is 19.6 Å². The minimum atomic E-state index is -4.57. The van der Waals surface area contributed by atoms with Crippen molar-refractivity contribution in [1.82, 2.24) is 15.0 Å². The first-order chi connectivity index (χ1) is 9.38. The van der Waals surface area contributed by atoms with Crippen molar-refractivity contribution in [3.8, 4) is 0 Å². The average Bonchev–Trinajstić information content (AvgIpc) is 2.81. The van der Waals surface area contributed by atoms with E-state index in [0.717, 1.165) is 16.0 Å². The smallest absolute Gasteiger partial charge is 0.363 e. The lowest BCUT2D eigenvalue weighted by atomic mass is 10.4. The highest BCUT2D eigenvalue weighted by Crippen LogP contribution is 2.29. The molecule has 2 aromatic heterocycles. The van der Waals surface area contributed by atoms with Crippen molar-refractivity contribution < 1.29 is 13.2 Å². The van der Waals surface area contributed by atoms with Crippen LogP contribution < -0.4 is 16.6 Å². The quantitative estimate of drug-likeness (QED) is 0.592. The predicted octanol–water partition coefficient (Wildman–Crippen LogP) is 2.16. The zero-order chi connectivity index (χ0) is 14.8. The Morgan fingerprint density at radius 2 is 2.10 bits per heavy atom. The van der Waals surface area contributed by atoms with E-state index in [1.54, 1.807) is 6.20 Å². The number of anilines is 2. The Morgan fingerprint density at radius 3 is 2.65 bits per heavy atom. The molecule has 108 valence electrons. The predicted molar refractivity (Wildman–Crippen MR) is 69.0 cm³/mol. The summed E-state index contributed by atoms with van der Waals surface area (Å²) in [5.41, 5.74) is 0.936. The molecule has 0 amide bonds. The topological polar surface area (TPSA) is 88.8 Å². The number of hydrogen-bond acceptors (Lipinski definition) is 7. The van der Waals surface area contributed by atoms with Gasteiger partial charge in [0.1, 0.15) is 10.8 Å². The Kier molecular flexibility index (Phi) is 4.04. The van der Waals surface area contributed by atoms with Crippen molar-refractivity contribution in [3.63, 3.8) is 0 Å². The number of alkyl halides is 3. The van der Waals surface area contributed by atoms with Crippen LogP contribution in [0.5, 0.6) is 0 Å². The lowest BCUT2D eigenvalue weighted by molar-refractivity contribution is -0.141. The van der Waals surface area contributed by atoms with E-state index in [1.807, 2.05) is 12.3 Å². The lowest BCUT2D eigenvalue weighted by Gasteiger charge is -2.10. The van der Waals surface area contributed by atoms with Gasteiger partial charge in [0, 0.05) is 17.1 Å². The molecule has 0 aliphatic rings. The summed E-state index contributed by atoms with van der Waals surface area (Å²) in [6.45, 7) is 2.17. The summed E-state index contributed by atoms with van der Waals surface area (Å²) in [6, 6.07) is 0.821. The molecule has 4 N–H and O–H groups in total. The van der Waals surface area contributed by atoms with Crippen molar-refractivity contribution in [2.24, 2.45) is 5.84 Å². The molecule has 0 aliphatic heterocycles. The zero-order valence-electron chi connectivity index (χ0n) is 10.3. The van der Waals surface area contributed by atoms with Crippen LogP contribution in [0.25, 0.3) is 0 Å². The average molecular weight is 304 g/mol. The van der Waals surface area contributed by atoms with E-state index < -0.39 is 11.9 Å². The molecule has 0 aliphatic carbocycles. The third-order valence-corrected chi connectivity index (χ3v) is 3.15. The summed E-state index contributed by atoms with van der Waals surface area (Å²) in [7, 11) is 0. The van der Waals surface area contributed by atoms with E-state index >= 15 is 0 Å². The number of nitrogen functional groups attached to an aromatic ring is 1. The van der Waals surface area contributed by atoms with Crippen LogP contribution in [0.3, 0.4) is 0 Å². The highest BCUT2D eigenvalue weighted by atomic mass is 32.1. The van der Waals surface area contributed by atoms with E-state index in [-0.39, 0.29) is 18.3 Å². The third-order valence-electron chi connectivity index (χ3n) is 2.24. The fourth-order valence-corrected chi connectivity index (χ4v) is 2.12. The second-order valence-corrected chi connectivity index (χ2v) is 5.14. The Labute approximate surface area is 116 Å². The van der Waals surface area contributed by atoms with Gasteiger partial charge in [0.05, 0.1) is 6.54 Å². The first kappa shape index (κ1) is 14.5. The molecular formula is C10H11F3N6S. The van der Waals surface area contributed by atoms with Crippen LogP contribution in [0.4, 0.5) is 24.9 Å². The molecule has 10 heteroatoms. The molecular weight excluding hydrogens is 293 g/mol. The molecule has 0 atom stereocenters. The maximum atomic E-state index is 12.7. The number of hydrazine groups is 1. The molecule has 0 fully saturated rings. The number of nitrogens with zero attached hydrogens (tertiary/aromatic N) is 3. The number of nitrogens with one attached hydrogen (secondary N) is 2. The number of aryl methyl sites for hydroxylation is 1. The molecule has 0 unspecified atom stereocenters. The molecule has 2 aromatic rings. The van der Waals surface area contributed by atoms with Gasteiger partial charge >= 0.3 is 6.18 Å². The summed E-state index contributed by atoms with van der Waals surface area (Å²) in [5.74, 6) is 4.77. The minimum Gasteiger partial charge on any atom is -0.363 e. The molecule has 6 nitrogen and oxygen atoms in total. The van der Waals surface area contributed by atoms with Crippen LogP contribution in [0.1, 0.15) is 15.6 Å². The van der Waals surface area contributed by atoms with Gasteiger partial charge in [-0.2, -0.15) is 18.2 Å². The van der Waals surface area contributed by atoms with Gasteiger partial charge in [0.25, 0.3) is 0 Å². The summed E-state index contributed by atoms with van der Waals surface area (Å²) in [5, 5.41) is 3.51. The van der Waals surface area contributed by atoms with Crippen LogP contribution in [-0.2, 0) is 12.7 Å². The van der Waals surface area contributed by atoms with Crippen molar-refractivity contribution in [1.29, 1.82) is 0 Å². The Hall–Kier alpha value is -1.94. The second kappa shape index (κ2) is 5.59. The number of thiazole rings is 1. The summed E-state index contributed by atoms with van der Waals surface area (Å²) in [4.78, 5) is 12.2. The van der Waals surface area contributed by atoms with E-state index in [1.165, 1.54) is 11.3 Å². The van der Waals surface area contributed by atoms with Crippen molar-refractivity contribution in [3.05, 3.63) is 27.8 Å². The van der Waals surface area contributed by atoms with Crippen LogP contribution in [0, 0.1) is 6.92 Å². The zero-order valence-corrected chi connectivity index (χ0v) is 11.1. The molecule has 2 heterocycles. The second-order valence-electron chi connectivity index (χ2n) is 3.82. The van der Waals surface area contributed by atoms with Crippen molar-refractivity contribution >= 4 is 23.1 Å². The Morgan fingerprint density at radius 1 is 1.35 bits per heavy atom. The van der Waals surface area contributed by atoms with E-state index in [2.05, 4.69) is 20.3 Å². The normalized spacial score (nSPS) is 11.4. The van der Waals surface area contributed by atoms with Crippen LogP contribution in [0.2, 0.25) is 0 Å². The summed E-state index contributed by atoms with van der Waals surface area (Å²) >= 11 is 1.45. The fraction of sp³-hybridized carbons (Fsp3) is 0.300. The van der Waals surface area contributed by atoms with Crippen LogP contribution in [0.15, 0.2) is 12.3 Å². The van der Waals surface area contributed by atoms with Gasteiger partial charge in [0.15, 0.2) is 5.69 Å². The maximum absolute atomic E-state index is 12.7. The number of halogens is 3. The molecule has 0 radical (unpaired) electrons. The maximum Gasteiger partial charge on any atom is 0.433 e. The monoisotopic (exact) mass is 304 g/mol. The molecule has 20 heavy (non-hydrogen) atoms. The van der Waals surface area contributed by atoms with Gasteiger partial charge in [0.2, 0.25) is 5.95 Å². The van der Waals surface area contributed by atoms with E-state index in [9.17, 15) is 13.2 Å². The summed E-state index contributed by atoms with van der Waals surface area (Å²) < 4.78 is 38.0. The first-order valence-electron chi connectivity index (χ1n) is 5.46. The molecule has 0 saturated carbocycles. The number of hydrogen-bond donors (Lipinski definition) is 3. The Bertz CT molecular complexity index is 597. The van der Waals surface area contributed by atoms with Crippen LogP contribution in [-0.4, -0.2) is 15.0 Å². The van der Waals surface area contributed by atoms with E-state index in [0.29, 0.717) is 0 Å². The molecule has 0 spiro atoms. The third kappa shape index (κ3) is 3.54. The summed E-state index contributed by atoms with van der Waals surface area (Å²) in [6.07, 6.45) is -2.88. The number of rotatable bonds is 4. The van der Waals surface area contributed by atoms with E-state index in [4.69, 9.17) is 5.84 Å². The minimum absolute atomic E-state index is 0.0214. The number of aromatic nitrogens is 3. The number of nitrogens with two attached hydrogens (primary N) is 1. The highest BCUT2D eigenvalue weighted by molar-refractivity contribution is 7.11. The van der Waals surface area contributed by atoms with Gasteiger partial charge < -0.3 is 5.32 Å². The van der Waals surface area contributed by atoms with Gasteiger partial charge in [-0.25, -0.2) is 15.8 Å². The first-order valence-corrected chi connectivity index (χ1v) is 6.28. The molecule has 0 aromatic carbocycles. The highest BCUT2D eigenvalue weighted by Gasteiger charge is 2.33. The SMILES string of the molecule is Cc1cnc(CNc2cc(C(F)(F)F)nc(NN)n2)s1. The fourth-order valence-electron chi connectivity index (χ4n) is 1.40. The Balaban J connectivity index is 2.18. The molecule has 2 rings (SSSR count). The standard InChI is InChI=1S/C10H11F3N6S/c1-5-3-16-8(20-5)4-15-7-2-6(10(11,12)13)17-9(18-7)19-14/h2-3H,4,14H2,1H3,(H2,15,17,18,19). The van der Waals surface area contributed by atoms with Crippen LogP contribution >= 0.6 is 11.3 Å². The largest absolute Gasteiger partial charge is 0.433 e. The lowest BCUT2D eigenvalue weighted by Crippen LogP contribution is -2.16. The van der Waals surface area contributed by atoms with Gasteiger partial charge in [-0.3, -0.25) is 5.43 Å². The van der Waals surface area contributed by atoms with Crippen molar-refractivity contribution in [2.75, 3.05) is 10.7 Å². The molecule has 0 saturated heterocycles. The van der Waals surface area contributed by atoms with Gasteiger partial charge in [-0.15, -0.1) is 11.3 Å².